The highest BCUT2D eigenvalue weighted by Crippen LogP contribution is 2.38. The van der Waals surface area contributed by atoms with E-state index in [4.69, 9.17) is 0 Å². The van der Waals surface area contributed by atoms with Crippen molar-refractivity contribution in [3.8, 4) is 11.1 Å². The predicted molar refractivity (Wildman–Crippen MR) is 168 cm³/mol. The van der Waals surface area contributed by atoms with Gasteiger partial charge < -0.3 is 14.8 Å². The van der Waals surface area contributed by atoms with Crippen LogP contribution in [0.15, 0.2) is 60.7 Å². The van der Waals surface area contributed by atoms with Crippen LogP contribution in [0, 0.1) is 0 Å². The molecule has 0 atom stereocenters. The van der Waals surface area contributed by atoms with Crippen molar-refractivity contribution in [3.63, 3.8) is 0 Å². The lowest BCUT2D eigenvalue weighted by atomic mass is 10.00. The molecule has 0 aliphatic heterocycles. The second kappa shape index (κ2) is 12.6. The van der Waals surface area contributed by atoms with Crippen LogP contribution < -0.4 is 4.31 Å². The van der Waals surface area contributed by atoms with Crippen LogP contribution in [-0.2, 0) is 23.2 Å². The number of rotatable bonds is 13. The number of carboxylic acid groups (broad SMARTS) is 1. The maximum Gasteiger partial charge on any atom is 0.353 e. The highest BCUT2D eigenvalue weighted by atomic mass is 32.2. The quantitative estimate of drug-likeness (QED) is 0.161. The number of benzene rings is 3. The number of unbranched alkanes of at least 4 members (excludes halogenated alkanes) is 2. The molecule has 0 spiro atoms. The summed E-state index contributed by atoms with van der Waals surface area (Å²) in [6.45, 7) is 4.47. The normalized spacial score (nSPS) is 11.9. The molecule has 220 valence electrons. The molecule has 0 radical (unpaired) electrons. The predicted octanol–water partition coefficient (Wildman–Crippen LogP) is 6.29. The number of hydrogen-bond donors (Lipinski definition) is 2. The number of carbonyl (C=O) groups is 1. The number of fused-ring (bicyclic) bond motifs is 2. The van der Waals surface area contributed by atoms with E-state index in [-0.39, 0.29) is 24.6 Å². The molecule has 2 aromatic heterocycles. The van der Waals surface area contributed by atoms with Crippen molar-refractivity contribution in [2.24, 2.45) is 0 Å². The second-order valence-corrected chi connectivity index (χ2v) is 12.9. The molecule has 0 aliphatic carbocycles. The first-order chi connectivity index (χ1) is 20.3. The molecule has 0 aliphatic rings. The summed E-state index contributed by atoms with van der Waals surface area (Å²) in [6, 6.07) is 18.2. The summed E-state index contributed by atoms with van der Waals surface area (Å²) in [6.07, 6.45) is 2.87. The van der Waals surface area contributed by atoms with E-state index in [0.29, 0.717) is 52.7 Å². The molecule has 42 heavy (non-hydrogen) atoms. The van der Waals surface area contributed by atoms with Gasteiger partial charge in [0, 0.05) is 29.6 Å². The van der Waals surface area contributed by atoms with E-state index in [1.165, 1.54) is 4.31 Å². The van der Waals surface area contributed by atoms with E-state index >= 15 is 0 Å². The van der Waals surface area contributed by atoms with Crippen LogP contribution in [0.25, 0.3) is 33.1 Å². The van der Waals surface area contributed by atoms with Crippen molar-refractivity contribution in [2.45, 2.75) is 52.7 Å². The molecule has 2 heterocycles. The third-order valence-electron chi connectivity index (χ3n) is 7.43. The van der Waals surface area contributed by atoms with Gasteiger partial charge in [0.25, 0.3) is 0 Å². The minimum absolute atomic E-state index is 0.0517. The minimum Gasteiger partial charge on any atom is -0.477 e. The maximum absolute atomic E-state index is 13.5. The number of aliphatic hydroxyl groups excluding tert-OH is 1. The van der Waals surface area contributed by atoms with Crippen LogP contribution in [0.4, 0.5) is 5.69 Å². The molecule has 2 N–H and O–H groups in total. The van der Waals surface area contributed by atoms with Crippen LogP contribution in [-0.4, -0.2) is 50.2 Å². The summed E-state index contributed by atoms with van der Waals surface area (Å²) in [5, 5.41) is 20.8. The zero-order chi connectivity index (χ0) is 29.9. The Labute approximate surface area is 249 Å². The lowest BCUT2D eigenvalue weighted by Crippen LogP contribution is -2.34. The zero-order valence-corrected chi connectivity index (χ0v) is 25.3. The van der Waals surface area contributed by atoms with E-state index in [0.717, 1.165) is 41.2 Å². The van der Waals surface area contributed by atoms with Gasteiger partial charge in [0.2, 0.25) is 10.0 Å². The SMILES string of the molecule is CCCCN(c1ccc2c(c1)c(-c1ccc(CO)cc1)c(C(=O)O)n2Cc1ccc2nsnc2c1)S(=O)(=O)CCCC. The first-order valence-corrected chi connectivity index (χ1v) is 16.4. The van der Waals surface area contributed by atoms with Crippen LogP contribution in [0.3, 0.4) is 0 Å². The molecule has 5 aromatic rings. The van der Waals surface area contributed by atoms with Crippen molar-refractivity contribution in [2.75, 3.05) is 16.6 Å². The average Bonchev–Trinajstić information content (AvgIpc) is 3.58. The van der Waals surface area contributed by atoms with Crippen LogP contribution >= 0.6 is 11.7 Å². The topological polar surface area (TPSA) is 126 Å². The molecular weight excluding hydrogens is 572 g/mol. The molecule has 0 fully saturated rings. The number of aromatic carboxylic acids is 1. The van der Waals surface area contributed by atoms with Crippen molar-refractivity contribution in [1.82, 2.24) is 13.3 Å². The van der Waals surface area contributed by atoms with Crippen LogP contribution in [0.1, 0.15) is 61.1 Å². The Balaban J connectivity index is 1.73. The van der Waals surface area contributed by atoms with Gasteiger partial charge in [0.1, 0.15) is 16.7 Å². The lowest BCUT2D eigenvalue weighted by molar-refractivity contribution is 0.0687. The maximum atomic E-state index is 13.5. The van der Waals surface area contributed by atoms with E-state index in [2.05, 4.69) is 8.75 Å². The fraction of sp³-hybridized carbons (Fsp3) is 0.323. The lowest BCUT2D eigenvalue weighted by Gasteiger charge is -2.24. The Hall–Kier alpha value is -3.80. The van der Waals surface area contributed by atoms with Crippen LogP contribution in [0.2, 0.25) is 0 Å². The Morgan fingerprint density at radius 3 is 2.33 bits per heavy atom. The highest BCUT2D eigenvalue weighted by molar-refractivity contribution is 7.92. The summed E-state index contributed by atoms with van der Waals surface area (Å²) in [5.41, 5.74) is 5.57. The molecule has 5 rings (SSSR count). The van der Waals surface area contributed by atoms with Crippen molar-refractivity contribution in [3.05, 3.63) is 77.5 Å². The summed E-state index contributed by atoms with van der Waals surface area (Å²) >= 11 is 1.13. The second-order valence-electron chi connectivity index (χ2n) is 10.4. The summed E-state index contributed by atoms with van der Waals surface area (Å²) in [5.74, 6) is -1.04. The third-order valence-corrected chi connectivity index (χ3v) is 9.85. The summed E-state index contributed by atoms with van der Waals surface area (Å²) in [7, 11) is -3.58. The Morgan fingerprint density at radius 1 is 0.929 bits per heavy atom. The van der Waals surface area contributed by atoms with E-state index < -0.39 is 16.0 Å². The number of carboxylic acids is 1. The van der Waals surface area contributed by atoms with Gasteiger partial charge in [-0.05, 0) is 59.9 Å². The van der Waals surface area contributed by atoms with E-state index in [9.17, 15) is 23.4 Å². The fourth-order valence-electron chi connectivity index (χ4n) is 5.23. The Morgan fingerprint density at radius 2 is 1.64 bits per heavy atom. The number of nitrogens with zero attached hydrogens (tertiary/aromatic N) is 4. The minimum atomic E-state index is -3.58. The van der Waals surface area contributed by atoms with Crippen molar-refractivity contribution in [1.29, 1.82) is 0 Å². The van der Waals surface area contributed by atoms with Gasteiger partial charge in [-0.15, -0.1) is 0 Å². The van der Waals surface area contributed by atoms with Crippen molar-refractivity contribution < 1.29 is 23.4 Å². The zero-order valence-electron chi connectivity index (χ0n) is 23.7. The highest BCUT2D eigenvalue weighted by Gasteiger charge is 2.27. The summed E-state index contributed by atoms with van der Waals surface area (Å²) < 4.78 is 38.8. The Bertz CT molecular complexity index is 1830. The molecule has 0 saturated carbocycles. The fourth-order valence-corrected chi connectivity index (χ4v) is 7.46. The van der Waals surface area contributed by atoms with Gasteiger partial charge in [-0.25, -0.2) is 13.2 Å². The standard InChI is InChI=1S/C31H34N4O5S2/c1-3-5-15-35(42(39,40)16-6-4-2)24-12-14-28-25(18-24)29(23-10-7-21(20-36)8-11-23)30(31(37)38)34(28)19-22-9-13-26-27(17-22)33-41-32-26/h7-14,17-18,36H,3-6,15-16,19-20H2,1-2H3,(H,37,38). The van der Waals surface area contributed by atoms with Crippen LogP contribution in [0.5, 0.6) is 0 Å². The molecular formula is C31H34N4O5S2. The third kappa shape index (κ3) is 5.90. The van der Waals surface area contributed by atoms with Gasteiger partial charge in [0.15, 0.2) is 0 Å². The molecule has 11 heteroatoms. The van der Waals surface area contributed by atoms with Gasteiger partial charge in [-0.1, -0.05) is 57.0 Å². The van der Waals surface area contributed by atoms with Gasteiger partial charge in [0.05, 0.1) is 29.8 Å². The Kier molecular flexibility index (Phi) is 8.91. The number of sulfonamides is 1. The van der Waals surface area contributed by atoms with Crippen molar-refractivity contribution >= 4 is 55.3 Å². The van der Waals surface area contributed by atoms with Gasteiger partial charge in [-0.3, -0.25) is 4.31 Å². The molecule has 0 unspecified atom stereocenters. The number of anilines is 1. The van der Waals surface area contributed by atoms with Gasteiger partial charge >= 0.3 is 5.97 Å². The smallest absolute Gasteiger partial charge is 0.353 e. The molecule has 0 saturated heterocycles. The largest absolute Gasteiger partial charge is 0.477 e. The average molecular weight is 607 g/mol. The number of hydrogen-bond acceptors (Lipinski definition) is 7. The monoisotopic (exact) mass is 606 g/mol. The van der Waals surface area contributed by atoms with E-state index in [1.54, 1.807) is 41.0 Å². The summed E-state index contributed by atoms with van der Waals surface area (Å²) in [4.78, 5) is 12.9. The molecule has 3 aromatic carbocycles. The first-order valence-electron chi connectivity index (χ1n) is 14.1. The molecule has 0 bridgehead atoms. The van der Waals surface area contributed by atoms with E-state index in [1.807, 2.05) is 38.1 Å². The van der Waals surface area contributed by atoms with Gasteiger partial charge in [-0.2, -0.15) is 8.75 Å². The molecule has 0 amide bonds. The number of aromatic nitrogens is 3. The molecule has 9 nitrogen and oxygen atoms in total. The first kappa shape index (κ1) is 29.7. The number of aliphatic hydroxyl groups is 1.